The summed E-state index contributed by atoms with van der Waals surface area (Å²) in [5.74, 6) is 1.79. The predicted molar refractivity (Wildman–Crippen MR) is 73.4 cm³/mol. The Labute approximate surface area is 110 Å². The van der Waals surface area contributed by atoms with Crippen LogP contribution in [-0.2, 0) is 0 Å². The number of hydrogen-bond donors (Lipinski definition) is 0. The second-order valence-electron chi connectivity index (χ2n) is 5.10. The molecule has 1 atom stereocenters. The topological polar surface area (TPSA) is 21.7 Å². The molecule has 1 aliphatic heterocycles. The number of hydrogen-bond acceptors (Lipinski definition) is 3. The molecule has 0 aromatic heterocycles. The molecule has 1 aromatic carbocycles. The number of methoxy groups -OCH3 is 2. The van der Waals surface area contributed by atoms with E-state index in [2.05, 4.69) is 24.8 Å². The first-order valence-electron chi connectivity index (χ1n) is 6.65. The molecular formula is C15H23NO2. The van der Waals surface area contributed by atoms with Crippen molar-refractivity contribution >= 4 is 0 Å². The Morgan fingerprint density at radius 2 is 2.00 bits per heavy atom. The zero-order chi connectivity index (χ0) is 13.1. The van der Waals surface area contributed by atoms with Crippen LogP contribution in [0.3, 0.4) is 0 Å². The van der Waals surface area contributed by atoms with E-state index >= 15 is 0 Å². The van der Waals surface area contributed by atoms with Crippen LogP contribution in [0, 0.1) is 0 Å². The third-order valence-electron chi connectivity index (χ3n) is 3.76. The first kappa shape index (κ1) is 13.2. The normalized spacial score (nSPS) is 20.4. The second-order valence-corrected chi connectivity index (χ2v) is 5.10. The van der Waals surface area contributed by atoms with Crippen LogP contribution in [0.5, 0.6) is 11.5 Å². The van der Waals surface area contributed by atoms with Gasteiger partial charge in [0.05, 0.1) is 14.2 Å². The second kappa shape index (κ2) is 5.61. The lowest BCUT2D eigenvalue weighted by atomic mass is 10.0. The largest absolute Gasteiger partial charge is 0.497 e. The first-order valence-corrected chi connectivity index (χ1v) is 6.65. The molecule has 0 spiro atoms. The van der Waals surface area contributed by atoms with Gasteiger partial charge in [-0.2, -0.15) is 0 Å². The van der Waals surface area contributed by atoms with E-state index in [9.17, 15) is 0 Å². The van der Waals surface area contributed by atoms with E-state index in [-0.39, 0.29) is 0 Å². The van der Waals surface area contributed by atoms with Crippen molar-refractivity contribution in [2.24, 2.45) is 0 Å². The van der Waals surface area contributed by atoms with Crippen molar-refractivity contribution in [1.82, 2.24) is 4.90 Å². The molecule has 3 nitrogen and oxygen atoms in total. The Morgan fingerprint density at radius 3 is 2.61 bits per heavy atom. The highest BCUT2D eigenvalue weighted by atomic mass is 16.5. The van der Waals surface area contributed by atoms with Gasteiger partial charge in [0, 0.05) is 23.7 Å². The summed E-state index contributed by atoms with van der Waals surface area (Å²) in [4.78, 5) is 2.55. The average molecular weight is 249 g/mol. The zero-order valence-electron chi connectivity index (χ0n) is 11.8. The zero-order valence-corrected chi connectivity index (χ0v) is 11.8. The van der Waals surface area contributed by atoms with Gasteiger partial charge in [-0.3, -0.25) is 4.90 Å². The molecule has 0 bridgehead atoms. The molecule has 1 fully saturated rings. The highest BCUT2D eigenvalue weighted by Gasteiger charge is 2.29. The van der Waals surface area contributed by atoms with Crippen molar-refractivity contribution in [3.05, 3.63) is 23.8 Å². The van der Waals surface area contributed by atoms with Crippen LogP contribution >= 0.6 is 0 Å². The van der Waals surface area contributed by atoms with Gasteiger partial charge in [-0.15, -0.1) is 0 Å². The fraction of sp³-hybridized carbons (Fsp3) is 0.600. The number of benzene rings is 1. The summed E-state index contributed by atoms with van der Waals surface area (Å²) >= 11 is 0. The van der Waals surface area contributed by atoms with Gasteiger partial charge in [0.1, 0.15) is 11.5 Å². The lowest BCUT2D eigenvalue weighted by Gasteiger charge is -2.29. The van der Waals surface area contributed by atoms with Crippen LogP contribution in [-0.4, -0.2) is 31.7 Å². The van der Waals surface area contributed by atoms with Gasteiger partial charge < -0.3 is 9.47 Å². The monoisotopic (exact) mass is 249 g/mol. The summed E-state index contributed by atoms with van der Waals surface area (Å²) in [6.07, 6.45) is 2.47. The molecule has 1 unspecified atom stereocenters. The molecule has 0 N–H and O–H groups in total. The standard InChI is InChI=1S/C15H23NO2/c1-11(2)16-9-5-6-14(16)13-8-7-12(17-3)10-15(13)18-4/h7-8,10-11,14H,5-6,9H2,1-4H3. The minimum atomic E-state index is 0.478. The van der Waals surface area contributed by atoms with Crippen LogP contribution in [0.15, 0.2) is 18.2 Å². The molecule has 2 rings (SSSR count). The molecule has 1 saturated heterocycles. The average Bonchev–Trinajstić information content (AvgIpc) is 2.87. The van der Waals surface area contributed by atoms with Crippen LogP contribution < -0.4 is 9.47 Å². The Morgan fingerprint density at radius 1 is 1.22 bits per heavy atom. The highest BCUT2D eigenvalue weighted by molar-refractivity contribution is 5.42. The van der Waals surface area contributed by atoms with Gasteiger partial charge in [-0.25, -0.2) is 0 Å². The molecule has 3 heteroatoms. The SMILES string of the molecule is COc1ccc(C2CCCN2C(C)C)c(OC)c1. The fourth-order valence-corrected chi connectivity index (χ4v) is 2.83. The van der Waals surface area contributed by atoms with E-state index in [1.165, 1.54) is 24.9 Å². The highest BCUT2D eigenvalue weighted by Crippen LogP contribution is 2.39. The maximum atomic E-state index is 5.52. The molecule has 0 aliphatic carbocycles. The Balaban J connectivity index is 2.32. The smallest absolute Gasteiger partial charge is 0.127 e. The van der Waals surface area contributed by atoms with Crippen molar-refractivity contribution in [2.45, 2.75) is 38.8 Å². The van der Waals surface area contributed by atoms with E-state index in [0.29, 0.717) is 12.1 Å². The molecule has 18 heavy (non-hydrogen) atoms. The fourth-order valence-electron chi connectivity index (χ4n) is 2.83. The molecule has 1 aliphatic rings. The summed E-state index contributed by atoms with van der Waals surface area (Å²) in [5, 5.41) is 0. The van der Waals surface area contributed by atoms with Gasteiger partial charge in [0.15, 0.2) is 0 Å². The summed E-state index contributed by atoms with van der Waals surface area (Å²) in [6, 6.07) is 7.19. The van der Waals surface area contributed by atoms with Gasteiger partial charge >= 0.3 is 0 Å². The third kappa shape index (κ3) is 2.46. The van der Waals surface area contributed by atoms with Crippen molar-refractivity contribution in [3.8, 4) is 11.5 Å². The predicted octanol–water partition coefficient (Wildman–Crippen LogP) is 3.25. The van der Waals surface area contributed by atoms with Crippen LogP contribution in [0.2, 0.25) is 0 Å². The van der Waals surface area contributed by atoms with Gasteiger partial charge in [-0.1, -0.05) is 6.07 Å². The third-order valence-corrected chi connectivity index (χ3v) is 3.76. The molecule has 1 heterocycles. The minimum absolute atomic E-state index is 0.478. The molecule has 0 amide bonds. The molecule has 1 aromatic rings. The maximum absolute atomic E-state index is 5.52. The van der Waals surface area contributed by atoms with E-state index in [4.69, 9.17) is 9.47 Å². The van der Waals surface area contributed by atoms with Crippen molar-refractivity contribution in [2.75, 3.05) is 20.8 Å². The number of ether oxygens (including phenoxy) is 2. The Bertz CT molecular complexity index is 403. The molecule has 0 saturated carbocycles. The number of likely N-dealkylation sites (tertiary alicyclic amines) is 1. The van der Waals surface area contributed by atoms with Gasteiger partial charge in [0.2, 0.25) is 0 Å². The first-order chi connectivity index (χ1) is 8.67. The summed E-state index contributed by atoms with van der Waals surface area (Å²) in [7, 11) is 3.41. The summed E-state index contributed by atoms with van der Waals surface area (Å²) in [6.45, 7) is 5.69. The van der Waals surface area contributed by atoms with E-state index in [0.717, 1.165) is 11.5 Å². The minimum Gasteiger partial charge on any atom is -0.497 e. The molecule has 0 radical (unpaired) electrons. The molecular weight excluding hydrogens is 226 g/mol. The van der Waals surface area contributed by atoms with Crippen molar-refractivity contribution < 1.29 is 9.47 Å². The van der Waals surface area contributed by atoms with E-state index < -0.39 is 0 Å². The molecule has 100 valence electrons. The summed E-state index contributed by atoms with van der Waals surface area (Å²) < 4.78 is 10.8. The summed E-state index contributed by atoms with van der Waals surface area (Å²) in [5.41, 5.74) is 1.28. The Kier molecular flexibility index (Phi) is 4.12. The van der Waals surface area contributed by atoms with Crippen LogP contribution in [0.1, 0.15) is 38.3 Å². The maximum Gasteiger partial charge on any atom is 0.127 e. The van der Waals surface area contributed by atoms with E-state index in [1.807, 2.05) is 12.1 Å². The lowest BCUT2D eigenvalue weighted by molar-refractivity contribution is 0.202. The lowest BCUT2D eigenvalue weighted by Crippen LogP contribution is -2.30. The quantitative estimate of drug-likeness (QED) is 0.817. The van der Waals surface area contributed by atoms with E-state index in [1.54, 1.807) is 14.2 Å². The Hall–Kier alpha value is -1.22. The van der Waals surface area contributed by atoms with Gasteiger partial charge in [0.25, 0.3) is 0 Å². The van der Waals surface area contributed by atoms with Crippen LogP contribution in [0.25, 0.3) is 0 Å². The van der Waals surface area contributed by atoms with Gasteiger partial charge in [-0.05, 0) is 39.3 Å². The number of nitrogens with zero attached hydrogens (tertiary/aromatic N) is 1. The number of rotatable bonds is 4. The van der Waals surface area contributed by atoms with Crippen LogP contribution in [0.4, 0.5) is 0 Å². The van der Waals surface area contributed by atoms with Crippen molar-refractivity contribution in [3.63, 3.8) is 0 Å². The van der Waals surface area contributed by atoms with Crippen molar-refractivity contribution in [1.29, 1.82) is 0 Å².